The second-order valence-electron chi connectivity index (χ2n) is 4.19. The minimum absolute atomic E-state index is 0.0696. The van der Waals surface area contributed by atoms with Gasteiger partial charge in [-0.05, 0) is 12.1 Å². The summed E-state index contributed by atoms with van der Waals surface area (Å²) in [6.45, 7) is 3.91. The van der Waals surface area contributed by atoms with E-state index in [2.05, 4.69) is 5.32 Å². The molecular weight excluding hydrogens is 300 g/mol. The third-order valence-electron chi connectivity index (χ3n) is 2.74. The molecule has 1 aromatic rings. The maximum atomic E-state index is 11.9. The van der Waals surface area contributed by atoms with Crippen molar-refractivity contribution in [2.24, 2.45) is 0 Å². The topological polar surface area (TPSA) is 117 Å². The number of amides is 1. The Hall–Kier alpha value is -1.87. The van der Waals surface area contributed by atoms with E-state index in [9.17, 15) is 18.0 Å². The molecule has 0 saturated carbocycles. The van der Waals surface area contributed by atoms with Gasteiger partial charge in [-0.3, -0.25) is 4.79 Å². The Bertz CT molecular complexity index is 603. The van der Waals surface area contributed by atoms with Crippen LogP contribution in [0.4, 0.5) is 0 Å². The SMILES string of the molecule is CCN(CC)S(=O)(=O)CC(=O)NCc1ccc(C(=O)O)o1. The lowest BCUT2D eigenvalue weighted by atomic mass is 10.4. The van der Waals surface area contributed by atoms with Crippen LogP contribution < -0.4 is 5.32 Å². The van der Waals surface area contributed by atoms with Crippen LogP contribution in [0.5, 0.6) is 0 Å². The second-order valence-corrected chi connectivity index (χ2v) is 6.16. The molecule has 9 heteroatoms. The lowest BCUT2D eigenvalue weighted by Crippen LogP contribution is -2.39. The molecule has 1 amide bonds. The first-order valence-electron chi connectivity index (χ1n) is 6.36. The van der Waals surface area contributed by atoms with Crippen molar-refractivity contribution in [3.05, 3.63) is 23.7 Å². The average Bonchev–Trinajstić information content (AvgIpc) is 2.85. The first-order valence-corrected chi connectivity index (χ1v) is 7.97. The van der Waals surface area contributed by atoms with E-state index in [0.717, 1.165) is 0 Å². The number of hydrogen-bond acceptors (Lipinski definition) is 5. The molecule has 2 N–H and O–H groups in total. The minimum Gasteiger partial charge on any atom is -0.475 e. The van der Waals surface area contributed by atoms with Crippen LogP contribution in [0.25, 0.3) is 0 Å². The molecule has 8 nitrogen and oxygen atoms in total. The molecule has 0 aliphatic heterocycles. The fraction of sp³-hybridized carbons (Fsp3) is 0.500. The van der Waals surface area contributed by atoms with Gasteiger partial charge in [-0.1, -0.05) is 13.8 Å². The molecule has 0 radical (unpaired) electrons. The van der Waals surface area contributed by atoms with Crippen LogP contribution in [0.15, 0.2) is 16.5 Å². The Labute approximate surface area is 122 Å². The van der Waals surface area contributed by atoms with E-state index < -0.39 is 27.7 Å². The van der Waals surface area contributed by atoms with Gasteiger partial charge in [0, 0.05) is 13.1 Å². The van der Waals surface area contributed by atoms with Crippen LogP contribution in [0.3, 0.4) is 0 Å². The zero-order valence-corrected chi connectivity index (χ0v) is 12.6. The van der Waals surface area contributed by atoms with Crippen molar-refractivity contribution < 1.29 is 27.5 Å². The summed E-state index contributed by atoms with van der Waals surface area (Å²) >= 11 is 0. The smallest absolute Gasteiger partial charge is 0.371 e. The third-order valence-corrected chi connectivity index (χ3v) is 4.67. The molecule has 1 rings (SSSR count). The Morgan fingerprint density at radius 3 is 2.38 bits per heavy atom. The van der Waals surface area contributed by atoms with Gasteiger partial charge in [-0.25, -0.2) is 17.5 Å². The van der Waals surface area contributed by atoms with Crippen LogP contribution >= 0.6 is 0 Å². The van der Waals surface area contributed by atoms with Gasteiger partial charge in [0.2, 0.25) is 21.7 Å². The molecule has 0 atom stereocenters. The molecule has 0 aliphatic carbocycles. The van der Waals surface area contributed by atoms with Crippen molar-refractivity contribution in [2.75, 3.05) is 18.8 Å². The average molecular weight is 318 g/mol. The molecule has 0 unspecified atom stereocenters. The Balaban J connectivity index is 2.56. The maximum absolute atomic E-state index is 11.9. The monoisotopic (exact) mass is 318 g/mol. The molecule has 0 fully saturated rings. The number of aromatic carboxylic acids is 1. The van der Waals surface area contributed by atoms with Gasteiger partial charge in [0.15, 0.2) is 0 Å². The van der Waals surface area contributed by atoms with Crippen molar-refractivity contribution in [2.45, 2.75) is 20.4 Å². The minimum atomic E-state index is -3.64. The van der Waals surface area contributed by atoms with Gasteiger partial charge >= 0.3 is 5.97 Å². The molecule has 0 aromatic carbocycles. The third kappa shape index (κ3) is 4.87. The number of hydrogen-bond donors (Lipinski definition) is 2. The van der Waals surface area contributed by atoms with Crippen molar-refractivity contribution >= 4 is 21.9 Å². The van der Waals surface area contributed by atoms with Gasteiger partial charge in [0.1, 0.15) is 11.5 Å². The molecule has 0 bridgehead atoms. The number of carboxylic acid groups (broad SMARTS) is 1. The highest BCUT2D eigenvalue weighted by Gasteiger charge is 2.22. The van der Waals surface area contributed by atoms with E-state index in [1.807, 2.05) is 0 Å². The number of carboxylic acids is 1. The standard InChI is InChI=1S/C12H18N2O6S/c1-3-14(4-2)21(18,19)8-11(15)13-7-9-5-6-10(20-9)12(16)17/h5-6H,3-4,7-8H2,1-2H3,(H,13,15)(H,16,17). The van der Waals surface area contributed by atoms with E-state index in [-0.39, 0.29) is 18.1 Å². The van der Waals surface area contributed by atoms with Gasteiger partial charge in [0.05, 0.1) is 6.54 Å². The fourth-order valence-corrected chi connectivity index (χ4v) is 3.10. The number of carbonyl (C=O) groups excluding carboxylic acids is 1. The van der Waals surface area contributed by atoms with Crippen molar-refractivity contribution in [1.29, 1.82) is 0 Å². The predicted octanol–water partition coefficient (Wildman–Crippen LogP) is 0.266. The second kappa shape index (κ2) is 7.23. The van der Waals surface area contributed by atoms with E-state index >= 15 is 0 Å². The van der Waals surface area contributed by atoms with Gasteiger partial charge in [-0.2, -0.15) is 0 Å². The highest BCUT2D eigenvalue weighted by molar-refractivity contribution is 7.89. The summed E-state index contributed by atoms with van der Waals surface area (Å²) in [6, 6.07) is 2.67. The Morgan fingerprint density at radius 1 is 1.29 bits per heavy atom. The van der Waals surface area contributed by atoms with E-state index in [1.54, 1.807) is 13.8 Å². The zero-order valence-electron chi connectivity index (χ0n) is 11.8. The first kappa shape index (κ1) is 17.2. The molecule has 0 spiro atoms. The molecule has 0 aliphatic rings. The van der Waals surface area contributed by atoms with Crippen molar-refractivity contribution in [1.82, 2.24) is 9.62 Å². The lowest BCUT2D eigenvalue weighted by molar-refractivity contribution is -0.118. The molecule has 0 saturated heterocycles. The summed E-state index contributed by atoms with van der Waals surface area (Å²) in [5.41, 5.74) is 0. The lowest BCUT2D eigenvalue weighted by Gasteiger charge is -2.17. The normalized spacial score (nSPS) is 11.6. The van der Waals surface area contributed by atoms with Crippen LogP contribution in [0.1, 0.15) is 30.2 Å². The van der Waals surface area contributed by atoms with Gasteiger partial charge in [-0.15, -0.1) is 0 Å². The zero-order chi connectivity index (χ0) is 16.0. The van der Waals surface area contributed by atoms with Crippen molar-refractivity contribution in [3.63, 3.8) is 0 Å². The Morgan fingerprint density at radius 2 is 1.90 bits per heavy atom. The first-order chi connectivity index (χ1) is 9.80. The van der Waals surface area contributed by atoms with E-state index in [0.29, 0.717) is 13.1 Å². The maximum Gasteiger partial charge on any atom is 0.371 e. The van der Waals surface area contributed by atoms with E-state index in [1.165, 1.54) is 16.4 Å². The fourth-order valence-electron chi connectivity index (χ4n) is 1.70. The highest BCUT2D eigenvalue weighted by atomic mass is 32.2. The quantitative estimate of drug-likeness (QED) is 0.710. The summed E-state index contributed by atoms with van der Waals surface area (Å²) in [6.07, 6.45) is 0. The number of furan rings is 1. The van der Waals surface area contributed by atoms with Crippen molar-refractivity contribution in [3.8, 4) is 0 Å². The van der Waals surface area contributed by atoms with Crippen LogP contribution in [0, 0.1) is 0 Å². The summed E-state index contributed by atoms with van der Waals surface area (Å²) < 4.78 is 29.9. The Kier molecular flexibility index (Phi) is 5.91. The number of nitrogens with zero attached hydrogens (tertiary/aromatic N) is 1. The summed E-state index contributed by atoms with van der Waals surface area (Å²) in [4.78, 5) is 22.2. The summed E-state index contributed by atoms with van der Waals surface area (Å²) in [5.74, 6) is -2.54. The molecule has 1 heterocycles. The number of sulfonamides is 1. The summed E-state index contributed by atoms with van der Waals surface area (Å²) in [7, 11) is -3.64. The molecule has 1 aromatic heterocycles. The number of carbonyl (C=O) groups is 2. The predicted molar refractivity (Wildman–Crippen MR) is 74.2 cm³/mol. The molecule has 21 heavy (non-hydrogen) atoms. The molecular formula is C12H18N2O6S. The number of nitrogens with one attached hydrogen (secondary N) is 1. The van der Waals surface area contributed by atoms with Crippen LogP contribution in [-0.2, 0) is 21.4 Å². The largest absolute Gasteiger partial charge is 0.475 e. The molecule has 118 valence electrons. The van der Waals surface area contributed by atoms with Crippen LogP contribution in [0.2, 0.25) is 0 Å². The summed E-state index contributed by atoms with van der Waals surface area (Å²) in [5, 5.41) is 11.1. The van der Waals surface area contributed by atoms with Gasteiger partial charge < -0.3 is 14.8 Å². The van der Waals surface area contributed by atoms with Gasteiger partial charge in [0.25, 0.3) is 0 Å². The number of rotatable bonds is 8. The van der Waals surface area contributed by atoms with E-state index in [4.69, 9.17) is 9.52 Å². The highest BCUT2D eigenvalue weighted by Crippen LogP contribution is 2.07. The van der Waals surface area contributed by atoms with Crippen LogP contribution in [-0.4, -0.2) is 48.5 Å².